The molecule has 0 saturated heterocycles. The summed E-state index contributed by atoms with van der Waals surface area (Å²) in [6.07, 6.45) is 4.02. The zero-order chi connectivity index (χ0) is 26.5. The molecule has 2 aromatic carbocycles. The van der Waals surface area contributed by atoms with Gasteiger partial charge in [0, 0.05) is 44.9 Å². The van der Waals surface area contributed by atoms with Gasteiger partial charge < -0.3 is 5.32 Å². The van der Waals surface area contributed by atoms with Gasteiger partial charge in [0.05, 0.1) is 11.4 Å². The summed E-state index contributed by atoms with van der Waals surface area (Å²) in [5.41, 5.74) is 3.02. The van der Waals surface area contributed by atoms with Crippen LogP contribution in [-0.4, -0.2) is 37.2 Å². The molecule has 38 heavy (non-hydrogen) atoms. The summed E-state index contributed by atoms with van der Waals surface area (Å²) in [7, 11) is 0. The van der Waals surface area contributed by atoms with E-state index < -0.39 is 0 Å². The van der Waals surface area contributed by atoms with Crippen molar-refractivity contribution in [3.05, 3.63) is 104 Å². The number of carbonyl (C=O) groups is 1. The van der Waals surface area contributed by atoms with Crippen LogP contribution in [0.25, 0.3) is 17.1 Å². The van der Waals surface area contributed by atoms with Crippen molar-refractivity contribution in [1.29, 1.82) is 0 Å². The standard InChI is InChI=1S/C26H19Cl3N6OS2/c27-18-2-1-3-20(12-18)35-24(17-6-9-30-10-7-17)33-34-26(35)38-15-23-32-22(14-37-23)25(36)31-11-8-16-4-5-19(28)13-21(16)29/h1-7,9-10,12-14H,8,11,15H2,(H,31,36). The molecule has 0 aliphatic rings. The first-order valence-corrected chi connectivity index (χ1v) is 14.4. The number of benzene rings is 2. The number of pyridine rings is 1. The molecular weight excluding hydrogens is 583 g/mol. The molecule has 1 N–H and O–H groups in total. The number of carbonyl (C=O) groups excluding carboxylic acids is 1. The molecule has 0 spiro atoms. The monoisotopic (exact) mass is 600 g/mol. The minimum atomic E-state index is -0.232. The van der Waals surface area contributed by atoms with Crippen LogP contribution in [0, 0.1) is 0 Å². The second-order valence-electron chi connectivity index (χ2n) is 8.01. The van der Waals surface area contributed by atoms with E-state index in [4.69, 9.17) is 34.8 Å². The molecule has 0 fully saturated rings. The van der Waals surface area contributed by atoms with E-state index in [-0.39, 0.29) is 5.91 Å². The Kier molecular flexibility index (Phi) is 8.61. The van der Waals surface area contributed by atoms with Gasteiger partial charge in [-0.2, -0.15) is 0 Å². The smallest absolute Gasteiger partial charge is 0.270 e. The van der Waals surface area contributed by atoms with Crippen LogP contribution in [0.5, 0.6) is 0 Å². The number of thioether (sulfide) groups is 1. The van der Waals surface area contributed by atoms with Gasteiger partial charge in [0.1, 0.15) is 10.7 Å². The molecule has 5 aromatic rings. The summed E-state index contributed by atoms with van der Waals surface area (Å²) in [5, 5.41) is 16.8. The Bertz CT molecular complexity index is 1570. The van der Waals surface area contributed by atoms with E-state index in [1.165, 1.54) is 23.1 Å². The first-order chi connectivity index (χ1) is 18.5. The highest BCUT2D eigenvalue weighted by atomic mass is 35.5. The van der Waals surface area contributed by atoms with Gasteiger partial charge in [0.25, 0.3) is 5.91 Å². The Morgan fingerprint density at radius 3 is 2.61 bits per heavy atom. The van der Waals surface area contributed by atoms with E-state index in [1.54, 1.807) is 29.9 Å². The summed E-state index contributed by atoms with van der Waals surface area (Å²) < 4.78 is 1.95. The SMILES string of the molecule is O=C(NCCc1ccc(Cl)cc1Cl)c1csc(CSc2nnc(-c3ccncc3)n2-c2cccc(Cl)c2)n1. The van der Waals surface area contributed by atoms with Crippen molar-refractivity contribution in [3.8, 4) is 17.1 Å². The highest BCUT2D eigenvalue weighted by Crippen LogP contribution is 2.31. The zero-order valence-electron chi connectivity index (χ0n) is 19.6. The van der Waals surface area contributed by atoms with Gasteiger partial charge in [-0.25, -0.2) is 4.98 Å². The minimum absolute atomic E-state index is 0.232. The van der Waals surface area contributed by atoms with Gasteiger partial charge in [-0.3, -0.25) is 14.3 Å². The molecule has 7 nitrogen and oxygen atoms in total. The number of nitrogens with zero attached hydrogens (tertiary/aromatic N) is 5. The third kappa shape index (κ3) is 6.36. The van der Waals surface area contributed by atoms with Crippen LogP contribution in [0.4, 0.5) is 0 Å². The van der Waals surface area contributed by atoms with E-state index in [0.717, 1.165) is 21.8 Å². The molecule has 0 aliphatic heterocycles. The largest absolute Gasteiger partial charge is 0.350 e. The molecule has 0 saturated carbocycles. The Morgan fingerprint density at radius 1 is 1.00 bits per heavy atom. The zero-order valence-corrected chi connectivity index (χ0v) is 23.5. The minimum Gasteiger partial charge on any atom is -0.350 e. The van der Waals surface area contributed by atoms with Gasteiger partial charge in [-0.15, -0.1) is 21.5 Å². The third-order valence-electron chi connectivity index (χ3n) is 5.44. The molecule has 0 unspecified atom stereocenters. The van der Waals surface area contributed by atoms with Crippen LogP contribution < -0.4 is 5.32 Å². The number of hydrogen-bond acceptors (Lipinski definition) is 7. The second kappa shape index (κ2) is 12.3. The second-order valence-corrected chi connectivity index (χ2v) is 11.2. The lowest BCUT2D eigenvalue weighted by Crippen LogP contribution is -2.26. The summed E-state index contributed by atoms with van der Waals surface area (Å²) in [6, 6.07) is 16.6. The fourth-order valence-corrected chi connectivity index (χ4v) is 6.06. The van der Waals surface area contributed by atoms with Crippen molar-refractivity contribution in [3.63, 3.8) is 0 Å². The van der Waals surface area contributed by atoms with E-state index in [2.05, 4.69) is 25.5 Å². The fraction of sp³-hybridized carbons (Fsp3) is 0.115. The summed E-state index contributed by atoms with van der Waals surface area (Å²) in [6.45, 7) is 0.433. The first kappa shape index (κ1) is 26.6. The molecule has 3 heterocycles. The predicted molar refractivity (Wildman–Crippen MR) is 154 cm³/mol. The number of aromatic nitrogens is 5. The lowest BCUT2D eigenvalue weighted by Gasteiger charge is -2.10. The topological polar surface area (TPSA) is 85.6 Å². The molecule has 192 valence electrons. The molecular formula is C26H19Cl3N6OS2. The number of nitrogens with one attached hydrogen (secondary N) is 1. The Balaban J connectivity index is 1.26. The normalized spacial score (nSPS) is 11.0. The number of rotatable bonds is 9. The van der Waals surface area contributed by atoms with E-state index in [9.17, 15) is 4.79 Å². The van der Waals surface area contributed by atoms with E-state index in [0.29, 0.717) is 50.5 Å². The molecule has 3 aromatic heterocycles. The Labute approximate surface area is 242 Å². The highest BCUT2D eigenvalue weighted by Gasteiger charge is 2.18. The van der Waals surface area contributed by atoms with Crippen LogP contribution in [0.3, 0.4) is 0 Å². The van der Waals surface area contributed by atoms with Crippen LogP contribution in [-0.2, 0) is 12.2 Å². The molecule has 0 aliphatic carbocycles. The van der Waals surface area contributed by atoms with Crippen LogP contribution in [0.2, 0.25) is 15.1 Å². The number of hydrogen-bond donors (Lipinski definition) is 1. The van der Waals surface area contributed by atoms with Crippen molar-refractivity contribution in [2.24, 2.45) is 0 Å². The number of amides is 1. The van der Waals surface area contributed by atoms with Crippen LogP contribution in [0.15, 0.2) is 77.5 Å². The molecule has 0 bridgehead atoms. The van der Waals surface area contributed by atoms with Crippen molar-refractivity contribution in [2.75, 3.05) is 6.54 Å². The summed E-state index contributed by atoms with van der Waals surface area (Å²) in [5.74, 6) is 0.967. The fourth-order valence-electron chi connectivity index (χ4n) is 3.63. The van der Waals surface area contributed by atoms with Crippen molar-refractivity contribution < 1.29 is 4.79 Å². The molecule has 12 heteroatoms. The Hall–Kier alpha value is -2.95. The van der Waals surface area contributed by atoms with Gasteiger partial charge >= 0.3 is 0 Å². The predicted octanol–water partition coefficient (Wildman–Crippen LogP) is 7.01. The number of thiazole rings is 1. The lowest BCUT2D eigenvalue weighted by atomic mass is 10.1. The van der Waals surface area contributed by atoms with Gasteiger partial charge in [0.2, 0.25) is 0 Å². The molecule has 1 amide bonds. The lowest BCUT2D eigenvalue weighted by molar-refractivity contribution is 0.0949. The summed E-state index contributed by atoms with van der Waals surface area (Å²) >= 11 is 21.3. The average Bonchev–Trinajstić information content (AvgIpc) is 3.57. The molecule has 5 rings (SSSR count). The maximum absolute atomic E-state index is 12.6. The first-order valence-electron chi connectivity index (χ1n) is 11.4. The summed E-state index contributed by atoms with van der Waals surface area (Å²) in [4.78, 5) is 21.2. The molecule has 0 atom stereocenters. The quantitative estimate of drug-likeness (QED) is 0.183. The average molecular weight is 602 g/mol. The highest BCUT2D eigenvalue weighted by molar-refractivity contribution is 7.98. The van der Waals surface area contributed by atoms with Gasteiger partial charge in [-0.1, -0.05) is 58.7 Å². The van der Waals surface area contributed by atoms with Crippen molar-refractivity contribution in [1.82, 2.24) is 30.0 Å². The number of halogens is 3. The van der Waals surface area contributed by atoms with Crippen LogP contribution >= 0.6 is 57.9 Å². The third-order valence-corrected chi connectivity index (χ3v) is 8.24. The van der Waals surface area contributed by atoms with Crippen LogP contribution in [0.1, 0.15) is 21.1 Å². The Morgan fingerprint density at radius 2 is 1.82 bits per heavy atom. The van der Waals surface area contributed by atoms with Crippen molar-refractivity contribution >= 4 is 63.8 Å². The van der Waals surface area contributed by atoms with Gasteiger partial charge in [0.15, 0.2) is 11.0 Å². The van der Waals surface area contributed by atoms with E-state index in [1.807, 2.05) is 47.0 Å². The van der Waals surface area contributed by atoms with E-state index >= 15 is 0 Å². The van der Waals surface area contributed by atoms with Crippen molar-refractivity contribution in [2.45, 2.75) is 17.3 Å². The molecule has 0 radical (unpaired) electrons. The maximum Gasteiger partial charge on any atom is 0.270 e. The van der Waals surface area contributed by atoms with Gasteiger partial charge in [-0.05, 0) is 54.4 Å². The maximum atomic E-state index is 12.6.